The van der Waals surface area contributed by atoms with Crippen molar-refractivity contribution >= 4 is 46.3 Å². The highest BCUT2D eigenvalue weighted by atomic mass is 35.5. The van der Waals surface area contributed by atoms with Gasteiger partial charge in [0.05, 0.1) is 11.6 Å². The predicted molar refractivity (Wildman–Crippen MR) is 140 cm³/mol. The normalized spacial score (nSPS) is 16.3. The molecule has 172 valence electrons. The molecular weight excluding hydrogens is 472 g/mol. The van der Waals surface area contributed by atoms with Crippen LogP contribution < -0.4 is 5.32 Å². The third-order valence-corrected chi connectivity index (χ3v) is 7.12. The molecule has 0 saturated carbocycles. The van der Waals surface area contributed by atoms with Crippen LogP contribution in [0.2, 0.25) is 5.02 Å². The van der Waals surface area contributed by atoms with Crippen molar-refractivity contribution in [1.82, 2.24) is 20.4 Å². The Balaban J connectivity index is 1.75. The van der Waals surface area contributed by atoms with E-state index < -0.39 is 0 Å². The van der Waals surface area contributed by atoms with Crippen LogP contribution in [0.5, 0.6) is 0 Å². The third-order valence-electron chi connectivity index (χ3n) is 5.79. The maximum atomic E-state index is 6.04. The number of aromatic nitrogens is 2. The Labute approximate surface area is 209 Å². The molecule has 2 heterocycles. The van der Waals surface area contributed by atoms with Crippen molar-refractivity contribution in [3.63, 3.8) is 0 Å². The van der Waals surface area contributed by atoms with E-state index in [1.165, 1.54) is 4.90 Å². The van der Waals surface area contributed by atoms with Gasteiger partial charge in [-0.15, -0.1) is 11.8 Å². The number of rotatable bonds is 8. The lowest BCUT2D eigenvalue weighted by Gasteiger charge is -2.37. The molecule has 1 unspecified atom stereocenters. The molecule has 0 bridgehead atoms. The Morgan fingerprint density at radius 3 is 2.52 bits per heavy atom. The highest BCUT2D eigenvalue weighted by Gasteiger charge is 2.33. The van der Waals surface area contributed by atoms with Crippen LogP contribution in [-0.4, -0.2) is 33.0 Å². The van der Waals surface area contributed by atoms with E-state index in [-0.39, 0.29) is 6.04 Å². The largest absolute Gasteiger partial charge is 0.351 e. The number of nitrogens with one attached hydrogen (secondary N) is 1. The molecule has 8 heteroatoms. The molecule has 0 spiro atoms. The van der Waals surface area contributed by atoms with Crippen LogP contribution in [-0.2, 0) is 0 Å². The number of thioether (sulfide) groups is 1. The number of hydrogen-bond donors (Lipinski definition) is 1. The van der Waals surface area contributed by atoms with E-state index in [0.717, 1.165) is 53.3 Å². The molecule has 1 N–H and O–H groups in total. The van der Waals surface area contributed by atoms with Crippen LogP contribution in [0, 0.1) is 0 Å². The summed E-state index contributed by atoms with van der Waals surface area (Å²) in [6, 6.07) is 15.8. The van der Waals surface area contributed by atoms with E-state index in [1.807, 2.05) is 24.3 Å². The summed E-state index contributed by atoms with van der Waals surface area (Å²) in [5.41, 5.74) is 3.95. The van der Waals surface area contributed by atoms with Gasteiger partial charge in [-0.25, -0.2) is 0 Å². The van der Waals surface area contributed by atoms with Gasteiger partial charge in [-0.1, -0.05) is 48.7 Å². The van der Waals surface area contributed by atoms with Crippen LogP contribution in [0.4, 0.5) is 0 Å². The summed E-state index contributed by atoms with van der Waals surface area (Å²) >= 11 is 13.5. The van der Waals surface area contributed by atoms with Gasteiger partial charge in [0.2, 0.25) is 5.82 Å². The highest BCUT2D eigenvalue weighted by molar-refractivity contribution is 7.98. The summed E-state index contributed by atoms with van der Waals surface area (Å²) in [5.74, 6) is 1.02. The molecule has 1 aromatic heterocycles. The van der Waals surface area contributed by atoms with Gasteiger partial charge >= 0.3 is 0 Å². The fraction of sp³-hybridized carbons (Fsp3) is 0.320. The number of halogens is 1. The topological polar surface area (TPSA) is 54.2 Å². The van der Waals surface area contributed by atoms with Crippen LogP contribution >= 0.6 is 35.6 Å². The lowest BCUT2D eigenvalue weighted by Crippen LogP contribution is -2.46. The second-order valence-corrected chi connectivity index (χ2v) is 9.65. The van der Waals surface area contributed by atoms with Crippen LogP contribution in [0.15, 0.2) is 63.6 Å². The van der Waals surface area contributed by atoms with Gasteiger partial charge in [0.25, 0.3) is 5.89 Å². The van der Waals surface area contributed by atoms with Crippen LogP contribution in [0.1, 0.15) is 50.6 Å². The van der Waals surface area contributed by atoms with Crippen molar-refractivity contribution in [2.45, 2.75) is 44.0 Å². The maximum Gasteiger partial charge on any atom is 0.258 e. The average Bonchev–Trinajstić information content (AvgIpc) is 3.31. The van der Waals surface area contributed by atoms with Gasteiger partial charge in [0.15, 0.2) is 5.11 Å². The van der Waals surface area contributed by atoms with Gasteiger partial charge in [0, 0.05) is 27.7 Å². The lowest BCUT2D eigenvalue weighted by atomic mass is 9.94. The summed E-state index contributed by atoms with van der Waals surface area (Å²) < 4.78 is 5.80. The molecule has 3 aromatic rings. The Bertz CT molecular complexity index is 1140. The molecule has 0 fully saturated rings. The number of hydrogen-bond acceptors (Lipinski definition) is 5. The molecule has 0 saturated heterocycles. The molecule has 0 aliphatic carbocycles. The number of unbranched alkanes of at least 4 members (excludes halogenated alkanes) is 2. The molecule has 2 aromatic carbocycles. The Hall–Kier alpha value is -2.35. The third kappa shape index (κ3) is 5.26. The number of benzene rings is 2. The van der Waals surface area contributed by atoms with Crippen molar-refractivity contribution in [1.29, 1.82) is 0 Å². The van der Waals surface area contributed by atoms with Crippen molar-refractivity contribution in [2.24, 2.45) is 0 Å². The predicted octanol–water partition coefficient (Wildman–Crippen LogP) is 6.96. The van der Waals surface area contributed by atoms with Crippen molar-refractivity contribution in [3.8, 4) is 11.4 Å². The SMILES string of the molecule is CCCCCN1C(=S)NC(c2ccc(SC)cc2)C(c2nc(-c3ccc(Cl)cc3)no2)=C1C. The first-order valence-electron chi connectivity index (χ1n) is 11.0. The van der Waals surface area contributed by atoms with Gasteiger partial charge in [-0.2, -0.15) is 4.98 Å². The zero-order chi connectivity index (χ0) is 23.4. The summed E-state index contributed by atoms with van der Waals surface area (Å²) in [6.07, 6.45) is 5.45. The standard InChI is InChI=1S/C25H27ClN4OS2/c1-4-5-6-15-30-16(2)21(22(27-25(30)32)17-9-13-20(33-3)14-10-17)24-28-23(29-31-24)18-7-11-19(26)12-8-18/h7-14,22H,4-6,15H2,1-3H3,(H,27,32). The van der Waals surface area contributed by atoms with E-state index in [2.05, 4.69) is 59.7 Å². The first-order valence-corrected chi connectivity index (χ1v) is 13.1. The molecule has 1 aliphatic heterocycles. The molecule has 1 aliphatic rings. The van der Waals surface area contributed by atoms with Gasteiger partial charge in [-0.05, 0) is 73.8 Å². The summed E-state index contributed by atoms with van der Waals surface area (Å²) in [4.78, 5) is 8.12. The maximum absolute atomic E-state index is 6.04. The molecule has 1 atom stereocenters. The fourth-order valence-corrected chi connectivity index (χ4v) is 4.82. The number of nitrogens with zero attached hydrogens (tertiary/aromatic N) is 3. The van der Waals surface area contributed by atoms with E-state index >= 15 is 0 Å². The Morgan fingerprint density at radius 2 is 1.85 bits per heavy atom. The fourth-order valence-electron chi connectivity index (χ4n) is 3.94. The molecule has 0 radical (unpaired) electrons. The van der Waals surface area contributed by atoms with E-state index in [1.54, 1.807) is 11.8 Å². The monoisotopic (exact) mass is 498 g/mol. The minimum Gasteiger partial charge on any atom is -0.351 e. The van der Waals surface area contributed by atoms with Gasteiger partial charge in [0.1, 0.15) is 0 Å². The van der Waals surface area contributed by atoms with Gasteiger partial charge in [-0.3, -0.25) is 0 Å². The highest BCUT2D eigenvalue weighted by Crippen LogP contribution is 2.38. The summed E-state index contributed by atoms with van der Waals surface area (Å²) in [5, 5.41) is 9.18. The van der Waals surface area contributed by atoms with Gasteiger partial charge < -0.3 is 14.7 Å². The van der Waals surface area contributed by atoms with E-state index in [0.29, 0.717) is 16.7 Å². The molecule has 33 heavy (non-hydrogen) atoms. The second-order valence-electron chi connectivity index (χ2n) is 7.94. The number of thiocarbonyl (C=S) groups is 1. The quantitative estimate of drug-likeness (QED) is 0.204. The average molecular weight is 499 g/mol. The Morgan fingerprint density at radius 1 is 1.12 bits per heavy atom. The second kappa shape index (κ2) is 10.7. The molecule has 4 rings (SSSR count). The van der Waals surface area contributed by atoms with Crippen LogP contribution in [0.3, 0.4) is 0 Å². The molecule has 5 nitrogen and oxygen atoms in total. The number of allylic oxidation sites excluding steroid dienone is 1. The van der Waals surface area contributed by atoms with Crippen molar-refractivity contribution in [2.75, 3.05) is 12.8 Å². The summed E-state index contributed by atoms with van der Waals surface area (Å²) in [6.45, 7) is 5.14. The molecular formula is C25H27ClN4OS2. The summed E-state index contributed by atoms with van der Waals surface area (Å²) in [7, 11) is 0. The smallest absolute Gasteiger partial charge is 0.258 e. The zero-order valence-electron chi connectivity index (χ0n) is 19.0. The van der Waals surface area contributed by atoms with Crippen molar-refractivity contribution in [3.05, 3.63) is 70.7 Å². The first kappa shape index (κ1) is 23.8. The zero-order valence-corrected chi connectivity index (χ0v) is 21.4. The van der Waals surface area contributed by atoms with E-state index in [9.17, 15) is 0 Å². The lowest BCUT2D eigenvalue weighted by molar-refractivity contribution is 0.395. The van der Waals surface area contributed by atoms with Crippen LogP contribution in [0.25, 0.3) is 17.0 Å². The van der Waals surface area contributed by atoms with Crippen molar-refractivity contribution < 1.29 is 4.52 Å². The first-order chi connectivity index (χ1) is 16.0. The van der Waals surface area contributed by atoms with E-state index in [4.69, 9.17) is 33.3 Å². The minimum absolute atomic E-state index is 0.172. The Kier molecular flexibility index (Phi) is 7.73. The minimum atomic E-state index is -0.172. The molecule has 0 amide bonds.